The number of likely N-dealkylation sites (tertiary alicyclic amines) is 1. The van der Waals surface area contributed by atoms with Crippen LogP contribution >= 0.6 is 23.5 Å². The molecular weight excluding hydrogens is 346 g/mol. The third-order valence-electron chi connectivity index (χ3n) is 4.24. The number of carbonyl (C=O) groups excluding carboxylic acids is 1. The molecule has 2 bridgehead atoms. The van der Waals surface area contributed by atoms with Gasteiger partial charge in [-0.2, -0.15) is 4.37 Å². The van der Waals surface area contributed by atoms with Gasteiger partial charge < -0.3 is 14.4 Å². The summed E-state index contributed by atoms with van der Waals surface area (Å²) in [5.41, 5.74) is -0.452. The number of aromatic nitrogens is 2. The van der Waals surface area contributed by atoms with Gasteiger partial charge in [0.2, 0.25) is 0 Å². The second-order valence-corrected chi connectivity index (χ2v) is 9.01. The van der Waals surface area contributed by atoms with Gasteiger partial charge in [0.1, 0.15) is 11.7 Å². The molecule has 1 saturated heterocycles. The first-order chi connectivity index (χ1) is 11.4. The Labute approximate surface area is 151 Å². The van der Waals surface area contributed by atoms with E-state index >= 15 is 0 Å². The predicted molar refractivity (Wildman–Crippen MR) is 94.8 cm³/mol. The highest BCUT2D eigenvalue weighted by atomic mass is 32.2. The van der Waals surface area contributed by atoms with Crippen molar-refractivity contribution >= 4 is 29.6 Å². The fraction of sp³-hybridized carbons (Fsp3) is 0.812. The summed E-state index contributed by atoms with van der Waals surface area (Å²) in [7, 11) is 0. The van der Waals surface area contributed by atoms with Crippen molar-refractivity contribution in [1.29, 1.82) is 0 Å². The van der Waals surface area contributed by atoms with Crippen molar-refractivity contribution in [3.05, 3.63) is 0 Å². The summed E-state index contributed by atoms with van der Waals surface area (Å²) in [5.74, 6) is 2.04. The summed E-state index contributed by atoms with van der Waals surface area (Å²) in [5, 5.41) is 0.897. The standard InChI is InChI=1S/C16H25N3O3S2/c1-5-6-23-14-13(17-24-18-14)21-12-8-11-7-10(12)9-19(11)15(20)22-16(2,3)4/h10-12H,5-9H2,1-4H3/t10-,11-,12-/m1/s1. The molecule has 3 rings (SSSR count). The Morgan fingerprint density at radius 1 is 1.38 bits per heavy atom. The van der Waals surface area contributed by atoms with E-state index in [2.05, 4.69) is 15.7 Å². The summed E-state index contributed by atoms with van der Waals surface area (Å²) in [6.45, 7) is 8.55. The van der Waals surface area contributed by atoms with Crippen LogP contribution < -0.4 is 4.74 Å². The third-order valence-corrected chi connectivity index (χ3v) is 6.02. The zero-order valence-corrected chi connectivity index (χ0v) is 16.3. The van der Waals surface area contributed by atoms with Gasteiger partial charge in [-0.1, -0.05) is 18.7 Å². The minimum absolute atomic E-state index is 0.124. The molecule has 2 aliphatic rings. The quantitative estimate of drug-likeness (QED) is 0.733. The van der Waals surface area contributed by atoms with Gasteiger partial charge in [-0.3, -0.25) is 0 Å². The van der Waals surface area contributed by atoms with Gasteiger partial charge in [-0.15, -0.1) is 4.37 Å². The molecule has 0 unspecified atom stereocenters. The van der Waals surface area contributed by atoms with Crippen LogP contribution in [-0.2, 0) is 4.74 Å². The largest absolute Gasteiger partial charge is 0.471 e. The van der Waals surface area contributed by atoms with Crippen molar-refractivity contribution in [3.8, 4) is 5.88 Å². The number of amides is 1. The minimum Gasteiger partial charge on any atom is -0.471 e. The smallest absolute Gasteiger partial charge is 0.410 e. The zero-order valence-electron chi connectivity index (χ0n) is 14.7. The van der Waals surface area contributed by atoms with Crippen LogP contribution in [0.2, 0.25) is 0 Å². The first-order valence-corrected chi connectivity index (χ1v) is 10.2. The third kappa shape index (κ3) is 3.96. The van der Waals surface area contributed by atoms with Gasteiger partial charge in [0.25, 0.3) is 5.88 Å². The lowest BCUT2D eigenvalue weighted by atomic mass is 10.1. The minimum atomic E-state index is -0.452. The van der Waals surface area contributed by atoms with Crippen molar-refractivity contribution in [1.82, 2.24) is 13.6 Å². The van der Waals surface area contributed by atoms with Crippen LogP contribution in [-0.4, -0.2) is 49.8 Å². The predicted octanol–water partition coefficient (Wildman–Crippen LogP) is 3.82. The molecule has 1 saturated carbocycles. The first-order valence-electron chi connectivity index (χ1n) is 8.49. The van der Waals surface area contributed by atoms with Crippen LogP contribution in [0.15, 0.2) is 5.03 Å². The maximum atomic E-state index is 12.3. The van der Waals surface area contributed by atoms with E-state index < -0.39 is 5.60 Å². The van der Waals surface area contributed by atoms with Crippen molar-refractivity contribution < 1.29 is 14.3 Å². The van der Waals surface area contributed by atoms with Crippen molar-refractivity contribution in [2.75, 3.05) is 12.3 Å². The Balaban J connectivity index is 1.56. The molecule has 1 aromatic heterocycles. The number of piperidine rings is 1. The Bertz CT molecular complexity index is 587. The maximum Gasteiger partial charge on any atom is 0.410 e. The number of thioether (sulfide) groups is 1. The molecule has 8 heteroatoms. The highest BCUT2D eigenvalue weighted by Crippen LogP contribution is 2.41. The highest BCUT2D eigenvalue weighted by molar-refractivity contribution is 7.99. The van der Waals surface area contributed by atoms with Crippen LogP contribution in [0, 0.1) is 5.92 Å². The summed E-state index contributed by atoms with van der Waals surface area (Å²) < 4.78 is 20.3. The van der Waals surface area contributed by atoms with Crippen LogP contribution in [0.5, 0.6) is 5.88 Å². The molecule has 6 nitrogen and oxygen atoms in total. The normalized spacial score (nSPS) is 26.0. The van der Waals surface area contributed by atoms with E-state index in [4.69, 9.17) is 9.47 Å². The lowest BCUT2D eigenvalue weighted by Crippen LogP contribution is -2.45. The van der Waals surface area contributed by atoms with Crippen LogP contribution in [0.1, 0.15) is 47.0 Å². The van der Waals surface area contributed by atoms with Gasteiger partial charge in [-0.05, 0) is 39.4 Å². The van der Waals surface area contributed by atoms with E-state index in [0.717, 1.165) is 30.0 Å². The molecule has 1 aliphatic heterocycles. The van der Waals surface area contributed by atoms with E-state index in [9.17, 15) is 4.79 Å². The molecule has 0 N–H and O–H groups in total. The second kappa shape index (κ2) is 7.07. The van der Waals surface area contributed by atoms with Crippen molar-refractivity contribution in [2.45, 2.75) is 69.7 Å². The fourth-order valence-corrected chi connectivity index (χ4v) is 4.65. The molecule has 0 aromatic carbocycles. The molecule has 0 radical (unpaired) electrons. The first kappa shape index (κ1) is 17.8. The molecule has 1 amide bonds. The Kier molecular flexibility index (Phi) is 5.24. The molecule has 24 heavy (non-hydrogen) atoms. The van der Waals surface area contributed by atoms with E-state index in [1.165, 1.54) is 11.7 Å². The summed E-state index contributed by atoms with van der Waals surface area (Å²) in [4.78, 5) is 14.1. The van der Waals surface area contributed by atoms with Crippen LogP contribution in [0.4, 0.5) is 4.79 Å². The number of ether oxygens (including phenoxy) is 2. The fourth-order valence-electron chi connectivity index (χ4n) is 3.27. The monoisotopic (exact) mass is 371 g/mol. The zero-order chi connectivity index (χ0) is 17.3. The van der Waals surface area contributed by atoms with Gasteiger partial charge in [0.05, 0.1) is 11.7 Å². The lowest BCUT2D eigenvalue weighted by molar-refractivity contribution is 0.00998. The SMILES string of the molecule is CCCSc1nsnc1O[C@@H]1C[C@H]2C[C@@H]1CN2C(=O)OC(C)(C)C. The molecule has 2 fully saturated rings. The molecule has 134 valence electrons. The molecule has 2 heterocycles. The van der Waals surface area contributed by atoms with Gasteiger partial charge in [0.15, 0.2) is 5.03 Å². The summed E-state index contributed by atoms with van der Waals surface area (Å²) >= 11 is 2.90. The van der Waals surface area contributed by atoms with Gasteiger partial charge in [0, 0.05) is 24.9 Å². The number of rotatable bonds is 5. The maximum absolute atomic E-state index is 12.3. The number of hydrogen-bond acceptors (Lipinski definition) is 7. The molecule has 1 aliphatic carbocycles. The topological polar surface area (TPSA) is 64.6 Å². The van der Waals surface area contributed by atoms with Gasteiger partial charge in [-0.25, -0.2) is 4.79 Å². The van der Waals surface area contributed by atoms with Crippen LogP contribution in [0.3, 0.4) is 0 Å². The lowest BCUT2D eigenvalue weighted by Gasteiger charge is -2.32. The number of hydrogen-bond donors (Lipinski definition) is 0. The average molecular weight is 372 g/mol. The van der Waals surface area contributed by atoms with E-state index in [-0.39, 0.29) is 18.2 Å². The molecule has 0 spiro atoms. The Morgan fingerprint density at radius 3 is 2.79 bits per heavy atom. The number of carbonyl (C=O) groups is 1. The van der Waals surface area contributed by atoms with E-state index in [0.29, 0.717) is 18.3 Å². The molecule has 1 aromatic rings. The number of fused-ring (bicyclic) bond motifs is 2. The van der Waals surface area contributed by atoms with Gasteiger partial charge >= 0.3 is 6.09 Å². The second-order valence-electron chi connectivity index (χ2n) is 7.40. The van der Waals surface area contributed by atoms with Crippen molar-refractivity contribution in [3.63, 3.8) is 0 Å². The molecule has 3 atom stereocenters. The molecular formula is C16H25N3O3S2. The summed E-state index contributed by atoms with van der Waals surface area (Å²) in [6.07, 6.45) is 2.85. The van der Waals surface area contributed by atoms with E-state index in [1.807, 2.05) is 25.7 Å². The average Bonchev–Trinajstić information content (AvgIpc) is 3.18. The van der Waals surface area contributed by atoms with E-state index in [1.54, 1.807) is 11.8 Å². The number of nitrogens with zero attached hydrogens (tertiary/aromatic N) is 3. The highest BCUT2D eigenvalue weighted by Gasteiger charge is 2.49. The Hall–Kier alpha value is -1.02. The van der Waals surface area contributed by atoms with Crippen LogP contribution in [0.25, 0.3) is 0 Å². The van der Waals surface area contributed by atoms with Crippen molar-refractivity contribution in [2.24, 2.45) is 5.92 Å². The Morgan fingerprint density at radius 2 is 2.17 bits per heavy atom. The summed E-state index contributed by atoms with van der Waals surface area (Å²) in [6, 6.07) is 0.216.